The highest BCUT2D eigenvalue weighted by Crippen LogP contribution is 2.27. The van der Waals surface area contributed by atoms with Crippen LogP contribution in [0, 0.1) is 6.92 Å². The molecule has 1 amide bonds. The van der Waals surface area contributed by atoms with Gasteiger partial charge in [-0.25, -0.2) is 4.98 Å². The molecule has 0 radical (unpaired) electrons. The van der Waals surface area contributed by atoms with Crippen molar-refractivity contribution in [3.8, 4) is 27.6 Å². The van der Waals surface area contributed by atoms with E-state index >= 15 is 0 Å². The number of hydrogen-bond acceptors (Lipinski definition) is 6. The van der Waals surface area contributed by atoms with Gasteiger partial charge in [0.1, 0.15) is 16.5 Å². The number of aromatic nitrogens is 4. The maximum atomic E-state index is 12.8. The highest BCUT2D eigenvalue weighted by molar-refractivity contribution is 7.15. The predicted octanol–water partition coefficient (Wildman–Crippen LogP) is 3.85. The highest BCUT2D eigenvalue weighted by Gasteiger charge is 2.16. The fourth-order valence-electron chi connectivity index (χ4n) is 3.06. The van der Waals surface area contributed by atoms with E-state index in [0.717, 1.165) is 38.1 Å². The molecule has 4 rings (SSSR count). The zero-order valence-corrected chi connectivity index (χ0v) is 17.7. The van der Waals surface area contributed by atoms with Gasteiger partial charge in [-0.1, -0.05) is 12.1 Å². The number of amides is 1. The largest absolute Gasteiger partial charge is 0.497 e. The summed E-state index contributed by atoms with van der Waals surface area (Å²) in [6, 6.07) is 13.2. The smallest absolute Gasteiger partial charge is 0.269 e. The lowest BCUT2D eigenvalue weighted by Gasteiger charge is -2.04. The molecule has 1 N–H and O–H groups in total. The molecule has 0 fully saturated rings. The van der Waals surface area contributed by atoms with Crippen LogP contribution in [0.15, 0.2) is 54.9 Å². The molecule has 0 atom stereocenters. The summed E-state index contributed by atoms with van der Waals surface area (Å²) in [6.45, 7) is 2.35. The van der Waals surface area contributed by atoms with Crippen molar-refractivity contribution in [3.63, 3.8) is 0 Å². The van der Waals surface area contributed by atoms with Crippen molar-refractivity contribution >= 4 is 17.2 Å². The Morgan fingerprint density at radius 1 is 1.20 bits per heavy atom. The van der Waals surface area contributed by atoms with E-state index in [2.05, 4.69) is 20.4 Å². The summed E-state index contributed by atoms with van der Waals surface area (Å²) in [5.74, 6) is 0.559. The lowest BCUT2D eigenvalue weighted by Crippen LogP contribution is -2.25. The fourth-order valence-corrected chi connectivity index (χ4v) is 4.05. The first-order chi connectivity index (χ1) is 14.5. The van der Waals surface area contributed by atoms with E-state index < -0.39 is 0 Å². The van der Waals surface area contributed by atoms with Crippen LogP contribution >= 0.6 is 11.3 Å². The molecule has 30 heavy (non-hydrogen) atoms. The average molecular weight is 420 g/mol. The van der Waals surface area contributed by atoms with E-state index in [0.29, 0.717) is 12.2 Å². The van der Waals surface area contributed by atoms with Crippen LogP contribution in [0.1, 0.15) is 21.1 Å². The summed E-state index contributed by atoms with van der Waals surface area (Å²) in [6.07, 6.45) is 3.52. The minimum atomic E-state index is -0.185. The van der Waals surface area contributed by atoms with E-state index in [1.807, 2.05) is 43.3 Å². The van der Waals surface area contributed by atoms with Crippen LogP contribution in [0.25, 0.3) is 21.8 Å². The lowest BCUT2D eigenvalue weighted by molar-refractivity contribution is 0.0942. The molecule has 0 saturated carbocycles. The Morgan fingerprint density at radius 2 is 2.03 bits per heavy atom. The standard InChI is InChI=1S/C22H21N5O2S/c1-14-20(30-22(25-14)16-7-5-9-23-12-16)13-24-21(28)19-11-18(26-27(19)2)15-6-4-8-17(10-15)29-3/h4-12H,13H2,1-3H3,(H,24,28). The second kappa shape index (κ2) is 8.46. The minimum absolute atomic E-state index is 0.185. The van der Waals surface area contributed by atoms with Gasteiger partial charge in [0.15, 0.2) is 0 Å². The number of rotatable bonds is 6. The van der Waals surface area contributed by atoms with Crippen molar-refractivity contribution in [2.45, 2.75) is 13.5 Å². The van der Waals surface area contributed by atoms with Crippen LogP contribution in [-0.2, 0) is 13.6 Å². The molecule has 0 aliphatic heterocycles. The van der Waals surface area contributed by atoms with Gasteiger partial charge < -0.3 is 10.1 Å². The molecular formula is C22H21N5O2S. The van der Waals surface area contributed by atoms with E-state index in [1.165, 1.54) is 0 Å². The number of pyridine rings is 1. The first-order valence-corrected chi connectivity index (χ1v) is 10.2. The molecule has 3 aromatic heterocycles. The summed E-state index contributed by atoms with van der Waals surface area (Å²) >= 11 is 1.56. The second-order valence-electron chi connectivity index (χ2n) is 6.72. The van der Waals surface area contributed by atoms with Crippen LogP contribution < -0.4 is 10.1 Å². The molecule has 8 heteroatoms. The summed E-state index contributed by atoms with van der Waals surface area (Å²) < 4.78 is 6.86. The van der Waals surface area contributed by atoms with Gasteiger partial charge in [-0.05, 0) is 37.3 Å². The molecule has 4 aromatic rings. The number of carbonyl (C=O) groups excluding carboxylic acids is 1. The van der Waals surface area contributed by atoms with Crippen LogP contribution in [0.5, 0.6) is 5.75 Å². The summed E-state index contributed by atoms with van der Waals surface area (Å²) in [5.41, 5.74) is 3.97. The minimum Gasteiger partial charge on any atom is -0.497 e. The predicted molar refractivity (Wildman–Crippen MR) is 116 cm³/mol. The van der Waals surface area contributed by atoms with Gasteiger partial charge in [0.2, 0.25) is 0 Å². The molecule has 1 aromatic carbocycles. The van der Waals surface area contributed by atoms with Crippen molar-refractivity contribution in [3.05, 3.63) is 71.1 Å². The Morgan fingerprint density at radius 3 is 2.80 bits per heavy atom. The van der Waals surface area contributed by atoms with E-state index in [9.17, 15) is 4.79 Å². The number of thiazole rings is 1. The molecule has 3 heterocycles. The first-order valence-electron chi connectivity index (χ1n) is 9.38. The van der Waals surface area contributed by atoms with Gasteiger partial charge in [-0.15, -0.1) is 11.3 Å². The van der Waals surface area contributed by atoms with Crippen LogP contribution in [-0.4, -0.2) is 32.8 Å². The van der Waals surface area contributed by atoms with E-state index in [4.69, 9.17) is 4.74 Å². The quantitative estimate of drug-likeness (QED) is 0.513. The topological polar surface area (TPSA) is 81.9 Å². The zero-order chi connectivity index (χ0) is 21.1. The highest BCUT2D eigenvalue weighted by atomic mass is 32.1. The van der Waals surface area contributed by atoms with Crippen molar-refractivity contribution in [2.75, 3.05) is 7.11 Å². The van der Waals surface area contributed by atoms with Crippen molar-refractivity contribution < 1.29 is 9.53 Å². The molecular weight excluding hydrogens is 398 g/mol. The molecule has 0 saturated heterocycles. The SMILES string of the molecule is COc1cccc(-c2cc(C(=O)NCc3sc(-c4cccnc4)nc3C)n(C)n2)c1. The van der Waals surface area contributed by atoms with E-state index in [1.54, 1.807) is 48.6 Å². The summed E-state index contributed by atoms with van der Waals surface area (Å²) in [7, 11) is 3.38. The Bertz CT molecular complexity index is 1180. The maximum Gasteiger partial charge on any atom is 0.269 e. The van der Waals surface area contributed by atoms with Gasteiger partial charge in [-0.3, -0.25) is 14.5 Å². The number of benzene rings is 1. The first kappa shape index (κ1) is 19.8. The number of aryl methyl sites for hydroxylation is 2. The Labute approximate surface area is 178 Å². The summed E-state index contributed by atoms with van der Waals surface area (Å²) in [5, 5.41) is 8.35. The number of ether oxygens (including phenoxy) is 1. The molecule has 0 aliphatic rings. The third kappa shape index (κ3) is 4.08. The van der Waals surface area contributed by atoms with Crippen molar-refractivity contribution in [2.24, 2.45) is 7.05 Å². The maximum absolute atomic E-state index is 12.8. The Balaban J connectivity index is 1.49. The van der Waals surface area contributed by atoms with Crippen molar-refractivity contribution in [1.82, 2.24) is 25.1 Å². The number of carbonyl (C=O) groups is 1. The van der Waals surface area contributed by atoms with Gasteiger partial charge in [0.05, 0.1) is 25.0 Å². The summed E-state index contributed by atoms with van der Waals surface area (Å²) in [4.78, 5) is 22.5. The van der Waals surface area contributed by atoms with E-state index in [-0.39, 0.29) is 5.91 Å². The van der Waals surface area contributed by atoms with Crippen LogP contribution in [0.4, 0.5) is 0 Å². The molecule has 0 aliphatic carbocycles. The normalized spacial score (nSPS) is 10.8. The molecule has 152 valence electrons. The van der Waals surface area contributed by atoms with Gasteiger partial charge in [0, 0.05) is 35.4 Å². The lowest BCUT2D eigenvalue weighted by atomic mass is 10.1. The monoisotopic (exact) mass is 419 g/mol. The molecule has 0 spiro atoms. The van der Waals surface area contributed by atoms with Crippen molar-refractivity contribution in [1.29, 1.82) is 0 Å². The molecule has 7 nitrogen and oxygen atoms in total. The number of nitrogens with one attached hydrogen (secondary N) is 1. The van der Waals surface area contributed by atoms with Gasteiger partial charge >= 0.3 is 0 Å². The number of hydrogen-bond donors (Lipinski definition) is 1. The number of methoxy groups -OCH3 is 1. The third-order valence-electron chi connectivity index (χ3n) is 4.69. The zero-order valence-electron chi connectivity index (χ0n) is 16.9. The molecule has 0 bridgehead atoms. The molecule has 0 unspecified atom stereocenters. The fraction of sp³-hybridized carbons (Fsp3) is 0.182. The third-order valence-corrected chi connectivity index (χ3v) is 5.90. The van der Waals surface area contributed by atoms with Gasteiger partial charge in [0.25, 0.3) is 5.91 Å². The van der Waals surface area contributed by atoms with Crippen LogP contribution in [0.2, 0.25) is 0 Å². The second-order valence-corrected chi connectivity index (χ2v) is 7.81. The number of nitrogens with zero attached hydrogens (tertiary/aromatic N) is 4. The average Bonchev–Trinajstić information content (AvgIpc) is 3.35. The Hall–Kier alpha value is -3.52. The Kier molecular flexibility index (Phi) is 5.58. The van der Waals surface area contributed by atoms with Crippen LogP contribution in [0.3, 0.4) is 0 Å². The van der Waals surface area contributed by atoms with Gasteiger partial charge in [-0.2, -0.15) is 5.10 Å².